The summed E-state index contributed by atoms with van der Waals surface area (Å²) in [6, 6.07) is 29.5. The molecule has 4 aromatic carbocycles. The molecule has 5 rings (SSSR count). The first-order valence-corrected chi connectivity index (χ1v) is 13.2. The van der Waals surface area contributed by atoms with Crippen molar-refractivity contribution < 1.29 is 14.0 Å². The third-order valence-electron chi connectivity index (χ3n) is 6.72. The Hall–Kier alpha value is -4.62. The van der Waals surface area contributed by atoms with Crippen LogP contribution in [0.25, 0.3) is 0 Å². The SMILES string of the molecule is CN(C)Cc1ccc(N=C(c2cccc(CNC(=O)Cc3ccccc3)c2)C2C(=O)Nc3cc(F)ccc32)cc1. The highest BCUT2D eigenvalue weighted by Crippen LogP contribution is 2.37. The zero-order chi connectivity index (χ0) is 28.1. The van der Waals surface area contributed by atoms with Crippen molar-refractivity contribution in [2.24, 2.45) is 4.99 Å². The van der Waals surface area contributed by atoms with Crippen molar-refractivity contribution in [1.29, 1.82) is 0 Å². The van der Waals surface area contributed by atoms with E-state index < -0.39 is 11.7 Å². The average Bonchev–Trinajstić information content (AvgIpc) is 3.26. The van der Waals surface area contributed by atoms with E-state index in [2.05, 4.69) is 15.5 Å². The first-order valence-electron chi connectivity index (χ1n) is 13.2. The molecule has 4 aromatic rings. The van der Waals surface area contributed by atoms with Crippen LogP contribution in [0.2, 0.25) is 0 Å². The summed E-state index contributed by atoms with van der Waals surface area (Å²) in [6.45, 7) is 1.14. The molecule has 2 N–H and O–H groups in total. The Morgan fingerprint density at radius 1 is 0.900 bits per heavy atom. The molecule has 1 heterocycles. The maximum atomic E-state index is 13.9. The highest BCUT2D eigenvalue weighted by Gasteiger charge is 2.35. The van der Waals surface area contributed by atoms with E-state index in [9.17, 15) is 14.0 Å². The molecule has 7 heteroatoms. The number of halogens is 1. The molecule has 1 atom stereocenters. The summed E-state index contributed by atoms with van der Waals surface area (Å²) < 4.78 is 13.9. The van der Waals surface area contributed by atoms with Gasteiger partial charge in [0.2, 0.25) is 11.8 Å². The van der Waals surface area contributed by atoms with Gasteiger partial charge >= 0.3 is 0 Å². The largest absolute Gasteiger partial charge is 0.352 e. The minimum atomic E-state index is -0.708. The van der Waals surface area contributed by atoms with Gasteiger partial charge in [-0.25, -0.2) is 4.39 Å². The number of benzene rings is 4. The monoisotopic (exact) mass is 534 g/mol. The van der Waals surface area contributed by atoms with Crippen molar-refractivity contribution in [3.63, 3.8) is 0 Å². The van der Waals surface area contributed by atoms with Gasteiger partial charge in [-0.3, -0.25) is 14.6 Å². The quantitative estimate of drug-likeness (QED) is 0.275. The van der Waals surface area contributed by atoms with Gasteiger partial charge in [0.05, 0.1) is 17.8 Å². The third kappa shape index (κ3) is 6.50. The topological polar surface area (TPSA) is 73.8 Å². The number of anilines is 1. The fourth-order valence-corrected chi connectivity index (χ4v) is 4.87. The third-order valence-corrected chi connectivity index (χ3v) is 6.72. The number of amides is 2. The van der Waals surface area contributed by atoms with E-state index in [0.717, 1.165) is 28.8 Å². The van der Waals surface area contributed by atoms with Crippen molar-refractivity contribution in [3.8, 4) is 0 Å². The van der Waals surface area contributed by atoms with E-state index in [1.807, 2.05) is 93.0 Å². The first kappa shape index (κ1) is 27.0. The Morgan fingerprint density at radius 2 is 1.65 bits per heavy atom. The number of hydrogen-bond donors (Lipinski definition) is 2. The second kappa shape index (κ2) is 12.1. The van der Waals surface area contributed by atoms with Crippen molar-refractivity contribution in [3.05, 3.63) is 131 Å². The van der Waals surface area contributed by atoms with Crippen LogP contribution in [0.3, 0.4) is 0 Å². The van der Waals surface area contributed by atoms with Gasteiger partial charge in [-0.15, -0.1) is 0 Å². The normalized spacial score (nSPS) is 14.7. The molecule has 0 spiro atoms. The fourth-order valence-electron chi connectivity index (χ4n) is 4.87. The Morgan fingerprint density at radius 3 is 2.40 bits per heavy atom. The fraction of sp³-hybridized carbons (Fsp3) is 0.182. The van der Waals surface area contributed by atoms with Gasteiger partial charge in [-0.1, -0.05) is 66.7 Å². The number of fused-ring (bicyclic) bond motifs is 1. The molecular weight excluding hydrogens is 503 g/mol. The molecule has 1 aliphatic rings. The predicted molar refractivity (Wildman–Crippen MR) is 156 cm³/mol. The summed E-state index contributed by atoms with van der Waals surface area (Å²) in [6.07, 6.45) is 0.298. The molecule has 0 radical (unpaired) electrons. The minimum absolute atomic E-state index is 0.0746. The zero-order valence-electron chi connectivity index (χ0n) is 22.5. The lowest BCUT2D eigenvalue weighted by molar-refractivity contribution is -0.120. The van der Waals surface area contributed by atoms with Crippen LogP contribution in [0, 0.1) is 5.82 Å². The van der Waals surface area contributed by atoms with Crippen molar-refractivity contribution in [2.45, 2.75) is 25.4 Å². The summed E-state index contributed by atoms with van der Waals surface area (Å²) in [5.74, 6) is -1.46. The molecule has 202 valence electrons. The van der Waals surface area contributed by atoms with Gasteiger partial charge in [0, 0.05) is 18.8 Å². The molecule has 2 amide bonds. The summed E-state index contributed by atoms with van der Waals surface area (Å²) in [5.41, 5.74) is 6.13. The molecule has 0 saturated carbocycles. The van der Waals surface area contributed by atoms with Crippen LogP contribution in [0.1, 0.15) is 33.7 Å². The standard InChI is InChI=1S/C33H31FN4O2/c1-38(2)21-23-11-14-27(15-12-23)36-32(31-28-16-13-26(34)19-29(28)37-33(31)40)25-10-6-9-24(17-25)20-35-30(39)18-22-7-4-3-5-8-22/h3-17,19,31H,18,20-21H2,1-2H3,(H,35,39)(H,37,40). The van der Waals surface area contributed by atoms with Gasteiger partial charge in [0.1, 0.15) is 11.7 Å². The van der Waals surface area contributed by atoms with E-state index in [1.165, 1.54) is 12.1 Å². The Labute approximate surface area is 233 Å². The van der Waals surface area contributed by atoms with E-state index in [1.54, 1.807) is 6.07 Å². The number of carbonyl (C=O) groups excluding carboxylic acids is 2. The summed E-state index contributed by atoms with van der Waals surface area (Å²) in [7, 11) is 4.03. The number of nitrogens with one attached hydrogen (secondary N) is 2. The molecule has 1 unspecified atom stereocenters. The number of hydrogen-bond acceptors (Lipinski definition) is 4. The molecule has 0 bridgehead atoms. The van der Waals surface area contributed by atoms with Crippen LogP contribution in [-0.2, 0) is 29.1 Å². The van der Waals surface area contributed by atoms with Gasteiger partial charge in [0.25, 0.3) is 0 Å². The van der Waals surface area contributed by atoms with Crippen LogP contribution in [0.4, 0.5) is 15.8 Å². The lowest BCUT2D eigenvalue weighted by Gasteiger charge is -2.16. The van der Waals surface area contributed by atoms with Crippen molar-refractivity contribution in [1.82, 2.24) is 10.2 Å². The number of carbonyl (C=O) groups is 2. The second-order valence-electron chi connectivity index (χ2n) is 10.2. The molecule has 0 aliphatic carbocycles. The Bertz CT molecular complexity index is 1550. The highest BCUT2D eigenvalue weighted by atomic mass is 19.1. The smallest absolute Gasteiger partial charge is 0.238 e. The minimum Gasteiger partial charge on any atom is -0.352 e. The number of rotatable bonds is 9. The maximum absolute atomic E-state index is 13.9. The van der Waals surface area contributed by atoms with E-state index >= 15 is 0 Å². The lowest BCUT2D eigenvalue weighted by Crippen LogP contribution is -2.25. The van der Waals surface area contributed by atoms with Gasteiger partial charge < -0.3 is 15.5 Å². The van der Waals surface area contributed by atoms with E-state index in [4.69, 9.17) is 4.99 Å². The molecule has 0 aromatic heterocycles. The molecular formula is C33H31FN4O2. The van der Waals surface area contributed by atoms with E-state index in [0.29, 0.717) is 35.6 Å². The lowest BCUT2D eigenvalue weighted by atomic mass is 9.90. The Balaban J connectivity index is 1.45. The second-order valence-corrected chi connectivity index (χ2v) is 10.2. The molecule has 40 heavy (non-hydrogen) atoms. The van der Waals surface area contributed by atoms with Crippen LogP contribution in [-0.4, -0.2) is 36.5 Å². The van der Waals surface area contributed by atoms with Gasteiger partial charge in [-0.05, 0) is 72.2 Å². The van der Waals surface area contributed by atoms with Crippen molar-refractivity contribution >= 4 is 28.9 Å². The average molecular weight is 535 g/mol. The van der Waals surface area contributed by atoms with Gasteiger partial charge in [-0.2, -0.15) is 0 Å². The van der Waals surface area contributed by atoms with Crippen molar-refractivity contribution in [2.75, 3.05) is 19.4 Å². The van der Waals surface area contributed by atoms with Crippen LogP contribution >= 0.6 is 0 Å². The van der Waals surface area contributed by atoms with Gasteiger partial charge in [0.15, 0.2) is 0 Å². The summed E-state index contributed by atoms with van der Waals surface area (Å²) in [4.78, 5) is 32.8. The summed E-state index contributed by atoms with van der Waals surface area (Å²) >= 11 is 0. The summed E-state index contributed by atoms with van der Waals surface area (Å²) in [5, 5.41) is 5.79. The van der Waals surface area contributed by atoms with Crippen LogP contribution in [0.5, 0.6) is 0 Å². The zero-order valence-corrected chi connectivity index (χ0v) is 22.5. The molecule has 0 fully saturated rings. The maximum Gasteiger partial charge on any atom is 0.238 e. The molecule has 1 aliphatic heterocycles. The van der Waals surface area contributed by atoms with E-state index in [-0.39, 0.29) is 11.8 Å². The molecule has 0 saturated heterocycles. The van der Waals surface area contributed by atoms with Crippen LogP contribution in [0.15, 0.2) is 102 Å². The predicted octanol–water partition coefficient (Wildman–Crippen LogP) is 5.60. The number of nitrogens with zero attached hydrogens (tertiary/aromatic N) is 2. The molecule has 6 nitrogen and oxygen atoms in total. The van der Waals surface area contributed by atoms with Crippen LogP contribution < -0.4 is 10.6 Å². The Kier molecular flexibility index (Phi) is 8.12. The number of aliphatic imine (C=N–C) groups is 1. The highest BCUT2D eigenvalue weighted by molar-refractivity contribution is 6.24. The first-order chi connectivity index (χ1) is 19.4.